The summed E-state index contributed by atoms with van der Waals surface area (Å²) < 4.78 is 0. The fourth-order valence-electron chi connectivity index (χ4n) is 3.24. The van der Waals surface area contributed by atoms with Gasteiger partial charge in [-0.05, 0) is 73.5 Å². The van der Waals surface area contributed by atoms with Crippen molar-refractivity contribution in [3.63, 3.8) is 0 Å². The molecule has 13 heteroatoms. The lowest BCUT2D eigenvalue weighted by Crippen LogP contribution is -2.26. The standard InChI is InChI=1S/C27H31N11O2/c1-16(35-37-18(3)28)19-4-8-21(9-5-19)31-26(39)33-23-12-14-24(15-13-23)34-27(40)32-22-10-6-20(7-11-22)17(2)36-38-25(29)30/h4-15,37H,3,28H2,1-2H3,(H4,29,30,38)(H2,31,33,39)(H2,32,34,40)/b35-16+,36-17+. The van der Waals surface area contributed by atoms with Crippen molar-refractivity contribution in [2.24, 2.45) is 21.7 Å². The van der Waals surface area contributed by atoms with Crippen LogP contribution >= 0.6 is 0 Å². The number of nitrogens with one attached hydrogen (secondary N) is 7. The summed E-state index contributed by atoms with van der Waals surface area (Å²) in [6.45, 7) is 7.11. The van der Waals surface area contributed by atoms with Crippen LogP contribution in [0.3, 0.4) is 0 Å². The monoisotopic (exact) mass is 541 g/mol. The highest BCUT2D eigenvalue weighted by Gasteiger charge is 2.07. The molecule has 13 nitrogen and oxygen atoms in total. The third-order valence-electron chi connectivity index (χ3n) is 5.23. The average molecular weight is 542 g/mol. The van der Waals surface area contributed by atoms with E-state index in [1.165, 1.54) is 0 Å². The first-order valence-corrected chi connectivity index (χ1v) is 11.9. The highest BCUT2D eigenvalue weighted by atomic mass is 16.2. The van der Waals surface area contributed by atoms with Gasteiger partial charge in [0, 0.05) is 22.7 Å². The molecule has 3 rings (SSSR count). The van der Waals surface area contributed by atoms with Crippen LogP contribution < -0.4 is 43.6 Å². The Labute approximate surface area is 231 Å². The van der Waals surface area contributed by atoms with Gasteiger partial charge < -0.3 is 32.7 Å². The molecule has 0 unspecified atom stereocenters. The molecule has 0 aliphatic rings. The van der Waals surface area contributed by atoms with Crippen LogP contribution in [0.25, 0.3) is 0 Å². The van der Waals surface area contributed by atoms with E-state index in [1.54, 1.807) is 67.6 Å². The zero-order chi connectivity index (χ0) is 29.1. The molecule has 0 aliphatic heterocycles. The maximum atomic E-state index is 12.4. The minimum Gasteiger partial charge on any atom is -0.385 e. The van der Waals surface area contributed by atoms with Crippen molar-refractivity contribution in [1.29, 1.82) is 5.41 Å². The summed E-state index contributed by atoms with van der Waals surface area (Å²) in [6.07, 6.45) is 0. The van der Waals surface area contributed by atoms with Crippen molar-refractivity contribution >= 4 is 52.2 Å². The summed E-state index contributed by atoms with van der Waals surface area (Å²) in [6, 6.07) is 20.0. The van der Waals surface area contributed by atoms with Crippen molar-refractivity contribution in [2.45, 2.75) is 13.8 Å². The van der Waals surface area contributed by atoms with E-state index in [2.05, 4.69) is 48.9 Å². The maximum absolute atomic E-state index is 12.4. The van der Waals surface area contributed by atoms with Crippen LogP contribution in [0.2, 0.25) is 0 Å². The summed E-state index contributed by atoms with van der Waals surface area (Å²) in [5, 5.41) is 26.2. The lowest BCUT2D eigenvalue weighted by atomic mass is 10.1. The third-order valence-corrected chi connectivity index (χ3v) is 5.23. The number of carbonyl (C=O) groups excluding carboxylic acids is 2. The van der Waals surface area contributed by atoms with E-state index in [0.717, 1.165) is 11.1 Å². The number of carbonyl (C=O) groups is 2. The minimum atomic E-state index is -0.428. The maximum Gasteiger partial charge on any atom is 0.323 e. The van der Waals surface area contributed by atoms with Crippen LogP contribution in [0.5, 0.6) is 0 Å². The van der Waals surface area contributed by atoms with Crippen LogP contribution in [-0.2, 0) is 0 Å². The fourth-order valence-corrected chi connectivity index (χ4v) is 3.24. The SMILES string of the molecule is C=C(N)N/N=C(\C)c1ccc(NC(=O)Nc2ccc(NC(=O)Nc3ccc(/C(C)=N/NC(=N)N)cc3)cc2)cc1. The zero-order valence-electron chi connectivity index (χ0n) is 22.0. The van der Waals surface area contributed by atoms with Crippen LogP contribution in [0.15, 0.2) is 95.4 Å². The van der Waals surface area contributed by atoms with Crippen molar-refractivity contribution in [1.82, 2.24) is 10.9 Å². The smallest absolute Gasteiger partial charge is 0.323 e. The predicted molar refractivity (Wildman–Crippen MR) is 161 cm³/mol. The largest absolute Gasteiger partial charge is 0.385 e. The van der Waals surface area contributed by atoms with E-state index in [-0.39, 0.29) is 11.8 Å². The Morgan fingerprint density at radius 2 is 0.925 bits per heavy atom. The second kappa shape index (κ2) is 13.6. The summed E-state index contributed by atoms with van der Waals surface area (Å²) in [5.41, 5.74) is 20.9. The number of guanidine groups is 1. The topological polar surface area (TPSA) is 207 Å². The number of hydrogen-bond donors (Lipinski definition) is 9. The molecule has 0 aliphatic carbocycles. The molecule has 0 saturated carbocycles. The van der Waals surface area contributed by atoms with E-state index in [0.29, 0.717) is 34.2 Å². The van der Waals surface area contributed by atoms with Gasteiger partial charge in [-0.3, -0.25) is 10.8 Å². The number of amides is 4. The molecule has 0 aromatic heterocycles. The first kappa shape index (κ1) is 28.7. The minimum absolute atomic E-state index is 0.242. The number of urea groups is 2. The summed E-state index contributed by atoms with van der Waals surface area (Å²) in [7, 11) is 0. The second-order valence-corrected chi connectivity index (χ2v) is 8.45. The van der Waals surface area contributed by atoms with Gasteiger partial charge in [0.2, 0.25) is 5.96 Å². The van der Waals surface area contributed by atoms with E-state index in [4.69, 9.17) is 16.9 Å². The van der Waals surface area contributed by atoms with Gasteiger partial charge in [0.25, 0.3) is 0 Å². The molecule has 0 spiro atoms. The van der Waals surface area contributed by atoms with Gasteiger partial charge >= 0.3 is 12.1 Å². The molecule has 0 saturated heterocycles. The van der Waals surface area contributed by atoms with Crippen molar-refractivity contribution in [3.05, 3.63) is 96.3 Å². The Hall–Kier alpha value is -5.85. The lowest BCUT2D eigenvalue weighted by Gasteiger charge is -2.11. The highest BCUT2D eigenvalue weighted by molar-refractivity contribution is 6.03. The van der Waals surface area contributed by atoms with Crippen molar-refractivity contribution in [3.8, 4) is 0 Å². The molecule has 0 heterocycles. The zero-order valence-corrected chi connectivity index (χ0v) is 22.0. The number of nitrogens with zero attached hydrogens (tertiary/aromatic N) is 2. The predicted octanol–water partition coefficient (Wildman–Crippen LogP) is 3.93. The van der Waals surface area contributed by atoms with Crippen LogP contribution in [0, 0.1) is 5.41 Å². The Bertz CT molecular complexity index is 1320. The Balaban J connectivity index is 1.48. The van der Waals surface area contributed by atoms with Gasteiger partial charge in [0.05, 0.1) is 11.4 Å². The van der Waals surface area contributed by atoms with Gasteiger partial charge in [-0.2, -0.15) is 10.2 Å². The first-order chi connectivity index (χ1) is 19.1. The molecule has 0 atom stereocenters. The Morgan fingerprint density at radius 3 is 1.23 bits per heavy atom. The summed E-state index contributed by atoms with van der Waals surface area (Å²) in [4.78, 5) is 24.8. The van der Waals surface area contributed by atoms with Crippen LogP contribution in [0.4, 0.5) is 32.3 Å². The molecular formula is C27H31N11O2. The molecule has 3 aromatic rings. The average Bonchev–Trinajstić information content (AvgIpc) is 2.92. The Morgan fingerprint density at radius 1 is 0.625 bits per heavy atom. The van der Waals surface area contributed by atoms with E-state index in [9.17, 15) is 9.59 Å². The molecule has 11 N–H and O–H groups in total. The number of hydrogen-bond acceptors (Lipinski definition) is 7. The quantitative estimate of drug-likeness (QED) is 0.111. The number of hydrazone groups is 2. The molecule has 0 bridgehead atoms. The first-order valence-electron chi connectivity index (χ1n) is 11.9. The second-order valence-electron chi connectivity index (χ2n) is 8.45. The molecule has 0 fully saturated rings. The normalized spacial score (nSPS) is 11.2. The van der Waals surface area contributed by atoms with Crippen LogP contribution in [-0.4, -0.2) is 29.4 Å². The van der Waals surface area contributed by atoms with Gasteiger partial charge in [-0.1, -0.05) is 30.8 Å². The van der Waals surface area contributed by atoms with Gasteiger partial charge in [0.15, 0.2) is 0 Å². The summed E-state index contributed by atoms with van der Waals surface area (Å²) in [5.74, 6) is -0.0133. The van der Waals surface area contributed by atoms with Gasteiger partial charge in [-0.15, -0.1) is 0 Å². The van der Waals surface area contributed by atoms with Crippen molar-refractivity contribution < 1.29 is 9.59 Å². The number of nitrogens with two attached hydrogens (primary N) is 2. The number of anilines is 4. The summed E-state index contributed by atoms with van der Waals surface area (Å²) >= 11 is 0. The van der Waals surface area contributed by atoms with Gasteiger partial charge in [-0.25, -0.2) is 15.0 Å². The molecule has 3 aromatic carbocycles. The fraction of sp³-hybridized carbons (Fsp3) is 0.0741. The lowest BCUT2D eigenvalue weighted by molar-refractivity contribution is 0.261. The van der Waals surface area contributed by atoms with E-state index >= 15 is 0 Å². The van der Waals surface area contributed by atoms with Crippen LogP contribution in [0.1, 0.15) is 25.0 Å². The molecule has 4 amide bonds. The molecule has 40 heavy (non-hydrogen) atoms. The van der Waals surface area contributed by atoms with Gasteiger partial charge in [0.1, 0.15) is 5.82 Å². The van der Waals surface area contributed by atoms with E-state index < -0.39 is 12.1 Å². The molecule has 0 radical (unpaired) electrons. The molecule has 206 valence electrons. The molecular weight excluding hydrogens is 510 g/mol. The number of rotatable bonds is 9. The number of benzene rings is 3. The highest BCUT2D eigenvalue weighted by Crippen LogP contribution is 2.16. The van der Waals surface area contributed by atoms with E-state index in [1.807, 2.05) is 19.1 Å². The van der Waals surface area contributed by atoms with Crippen molar-refractivity contribution in [2.75, 3.05) is 21.3 Å². The third kappa shape index (κ3) is 9.23. The Kier molecular flexibility index (Phi) is 9.78.